The van der Waals surface area contributed by atoms with Crippen LogP contribution in [0, 0.1) is 13.8 Å². The highest BCUT2D eigenvalue weighted by molar-refractivity contribution is 7.92. The van der Waals surface area contributed by atoms with Crippen molar-refractivity contribution in [1.29, 1.82) is 0 Å². The fraction of sp³-hybridized carbons (Fsp3) is 0.286. The first kappa shape index (κ1) is 30.8. The molecule has 11 heteroatoms. The zero-order valence-corrected chi connectivity index (χ0v) is 25.1. The molecule has 3 aromatic rings. The minimum Gasteiger partial charge on any atom is -0.355 e. The van der Waals surface area contributed by atoms with E-state index in [0.29, 0.717) is 27.2 Å². The number of nitrogens with one attached hydrogen (secondary N) is 1. The number of amides is 2. The van der Waals surface area contributed by atoms with Gasteiger partial charge in [0.1, 0.15) is 12.6 Å². The van der Waals surface area contributed by atoms with E-state index in [1.165, 1.54) is 23.1 Å². The van der Waals surface area contributed by atoms with Crippen LogP contribution in [0.25, 0.3) is 0 Å². The number of hydrogen-bond acceptors (Lipinski definition) is 4. The van der Waals surface area contributed by atoms with Gasteiger partial charge in [0.05, 0.1) is 10.6 Å². The highest BCUT2D eigenvalue weighted by Gasteiger charge is 2.33. The monoisotopic (exact) mass is 609 g/mol. The SMILES string of the molecule is CCNC(=O)[C@@H](C)N(Cc1c(Cl)cccc1Cl)C(=O)CN(c1ccc(C)c(Cl)c1)S(=O)(=O)c1ccc(C)cc1. The number of rotatable bonds is 10. The summed E-state index contributed by atoms with van der Waals surface area (Å²) in [7, 11) is -4.20. The van der Waals surface area contributed by atoms with E-state index in [1.807, 2.05) is 6.92 Å². The maximum absolute atomic E-state index is 13.9. The van der Waals surface area contributed by atoms with Crippen molar-refractivity contribution in [3.8, 4) is 0 Å². The van der Waals surface area contributed by atoms with Crippen LogP contribution in [0.15, 0.2) is 65.6 Å². The van der Waals surface area contributed by atoms with E-state index in [0.717, 1.165) is 15.4 Å². The van der Waals surface area contributed by atoms with E-state index in [4.69, 9.17) is 34.8 Å². The molecule has 0 bridgehead atoms. The molecule has 0 aliphatic heterocycles. The Hall–Kier alpha value is -2.78. The number of carbonyl (C=O) groups excluding carboxylic acids is 2. The second-order valence-electron chi connectivity index (χ2n) is 9.05. The van der Waals surface area contributed by atoms with E-state index in [-0.39, 0.29) is 17.1 Å². The summed E-state index contributed by atoms with van der Waals surface area (Å²) in [5, 5.41) is 3.69. The van der Waals surface area contributed by atoms with Crippen LogP contribution in [0.5, 0.6) is 0 Å². The molecule has 0 saturated carbocycles. The van der Waals surface area contributed by atoms with Gasteiger partial charge in [-0.2, -0.15) is 0 Å². The molecule has 3 rings (SSSR count). The second kappa shape index (κ2) is 13.0. The van der Waals surface area contributed by atoms with Crippen molar-refractivity contribution in [3.63, 3.8) is 0 Å². The summed E-state index contributed by atoms with van der Waals surface area (Å²) in [5.41, 5.74) is 2.28. The average Bonchev–Trinajstić information content (AvgIpc) is 2.88. The number of aryl methyl sites for hydroxylation is 2. The Morgan fingerprint density at radius 1 is 0.923 bits per heavy atom. The molecule has 0 aliphatic rings. The predicted molar refractivity (Wildman–Crippen MR) is 157 cm³/mol. The molecule has 0 aliphatic carbocycles. The molecule has 0 radical (unpaired) electrons. The minimum absolute atomic E-state index is 0.00932. The van der Waals surface area contributed by atoms with Crippen LogP contribution >= 0.6 is 34.8 Å². The van der Waals surface area contributed by atoms with Gasteiger partial charge in [0, 0.05) is 33.7 Å². The number of halogens is 3. The van der Waals surface area contributed by atoms with Crippen molar-refractivity contribution in [2.45, 2.75) is 45.2 Å². The number of hydrogen-bond donors (Lipinski definition) is 1. The van der Waals surface area contributed by atoms with Gasteiger partial charge in [0.25, 0.3) is 10.0 Å². The van der Waals surface area contributed by atoms with Crippen LogP contribution in [-0.4, -0.2) is 44.3 Å². The Morgan fingerprint density at radius 2 is 1.54 bits per heavy atom. The lowest BCUT2D eigenvalue weighted by Gasteiger charge is -2.32. The van der Waals surface area contributed by atoms with Crippen LogP contribution in [0.2, 0.25) is 15.1 Å². The smallest absolute Gasteiger partial charge is 0.264 e. The number of sulfonamides is 1. The van der Waals surface area contributed by atoms with Crippen LogP contribution in [0.4, 0.5) is 5.69 Å². The first-order valence-corrected chi connectivity index (χ1v) is 14.8. The second-order valence-corrected chi connectivity index (χ2v) is 12.1. The zero-order chi connectivity index (χ0) is 28.9. The summed E-state index contributed by atoms with van der Waals surface area (Å²) in [4.78, 5) is 28.0. The zero-order valence-electron chi connectivity index (χ0n) is 22.0. The minimum atomic E-state index is -4.20. The summed E-state index contributed by atoms with van der Waals surface area (Å²) < 4.78 is 28.7. The van der Waals surface area contributed by atoms with Crippen molar-refractivity contribution in [2.75, 3.05) is 17.4 Å². The normalized spacial score (nSPS) is 12.1. The number of likely N-dealkylation sites (N-methyl/N-ethyl adjacent to an activating group) is 1. The lowest BCUT2D eigenvalue weighted by molar-refractivity contribution is -0.139. The Morgan fingerprint density at radius 3 is 2.10 bits per heavy atom. The van der Waals surface area contributed by atoms with E-state index in [1.54, 1.807) is 63.2 Å². The van der Waals surface area contributed by atoms with E-state index < -0.39 is 34.4 Å². The van der Waals surface area contributed by atoms with Gasteiger partial charge < -0.3 is 10.2 Å². The van der Waals surface area contributed by atoms with Crippen LogP contribution < -0.4 is 9.62 Å². The van der Waals surface area contributed by atoms with Gasteiger partial charge in [-0.3, -0.25) is 13.9 Å². The van der Waals surface area contributed by atoms with Gasteiger partial charge in [0.2, 0.25) is 11.8 Å². The Kier molecular flexibility index (Phi) is 10.3. The molecule has 39 heavy (non-hydrogen) atoms. The predicted octanol–water partition coefficient (Wildman–Crippen LogP) is 6.01. The van der Waals surface area contributed by atoms with Gasteiger partial charge in [-0.25, -0.2) is 8.42 Å². The van der Waals surface area contributed by atoms with Crippen molar-refractivity contribution in [1.82, 2.24) is 10.2 Å². The maximum atomic E-state index is 13.9. The van der Waals surface area contributed by atoms with Crippen molar-refractivity contribution >= 4 is 62.3 Å². The summed E-state index contributed by atoms with van der Waals surface area (Å²) >= 11 is 19.1. The van der Waals surface area contributed by atoms with Gasteiger partial charge in [-0.1, -0.05) is 64.6 Å². The third-order valence-electron chi connectivity index (χ3n) is 6.24. The fourth-order valence-electron chi connectivity index (χ4n) is 3.86. The standard InChI is InChI=1S/C28H30Cl3N3O4S/c1-5-32-28(36)20(4)33(16-23-24(29)7-6-8-25(23)30)27(35)17-34(21-12-11-19(3)26(31)15-21)39(37,38)22-13-9-18(2)10-14-22/h6-15,20H,5,16-17H2,1-4H3,(H,32,36)/t20-/m1/s1. The molecular weight excluding hydrogens is 581 g/mol. The highest BCUT2D eigenvalue weighted by Crippen LogP contribution is 2.30. The number of anilines is 1. The topological polar surface area (TPSA) is 86.8 Å². The molecule has 2 amide bonds. The molecule has 0 saturated heterocycles. The van der Waals surface area contributed by atoms with Gasteiger partial charge in [-0.05, 0) is 69.7 Å². The van der Waals surface area contributed by atoms with Gasteiger partial charge >= 0.3 is 0 Å². The largest absolute Gasteiger partial charge is 0.355 e. The maximum Gasteiger partial charge on any atom is 0.264 e. The van der Waals surface area contributed by atoms with Crippen LogP contribution in [-0.2, 0) is 26.2 Å². The molecule has 0 aromatic heterocycles. The third kappa shape index (κ3) is 7.25. The lowest BCUT2D eigenvalue weighted by Crippen LogP contribution is -2.51. The molecule has 7 nitrogen and oxygen atoms in total. The summed E-state index contributed by atoms with van der Waals surface area (Å²) in [5.74, 6) is -1.03. The molecular formula is C28H30Cl3N3O4S. The highest BCUT2D eigenvalue weighted by atomic mass is 35.5. The van der Waals surface area contributed by atoms with Crippen molar-refractivity contribution < 1.29 is 18.0 Å². The quantitative estimate of drug-likeness (QED) is 0.305. The lowest BCUT2D eigenvalue weighted by atomic mass is 10.1. The fourth-order valence-corrected chi connectivity index (χ4v) is 5.96. The first-order chi connectivity index (χ1) is 18.4. The van der Waals surface area contributed by atoms with Gasteiger partial charge in [-0.15, -0.1) is 0 Å². The Balaban J connectivity index is 2.09. The molecule has 0 heterocycles. The van der Waals surface area contributed by atoms with E-state index in [2.05, 4.69) is 5.32 Å². The number of carbonyl (C=O) groups is 2. The molecule has 1 N–H and O–H groups in total. The number of benzene rings is 3. The molecule has 0 spiro atoms. The van der Waals surface area contributed by atoms with Gasteiger partial charge in [0.15, 0.2) is 0 Å². The third-order valence-corrected chi connectivity index (χ3v) is 9.14. The average molecular weight is 611 g/mol. The van der Waals surface area contributed by atoms with Crippen LogP contribution in [0.3, 0.4) is 0 Å². The van der Waals surface area contributed by atoms with Crippen molar-refractivity contribution in [3.05, 3.63) is 92.4 Å². The Labute approximate surface area is 244 Å². The van der Waals surface area contributed by atoms with E-state index >= 15 is 0 Å². The molecule has 208 valence electrons. The van der Waals surface area contributed by atoms with E-state index in [9.17, 15) is 18.0 Å². The van der Waals surface area contributed by atoms with Crippen molar-refractivity contribution in [2.24, 2.45) is 0 Å². The Bertz CT molecular complexity index is 1440. The number of nitrogens with zero attached hydrogens (tertiary/aromatic N) is 2. The molecule has 0 fully saturated rings. The molecule has 0 unspecified atom stereocenters. The summed E-state index contributed by atoms with van der Waals surface area (Å²) in [6.07, 6.45) is 0. The summed E-state index contributed by atoms with van der Waals surface area (Å²) in [6.45, 7) is 6.61. The van der Waals surface area contributed by atoms with Crippen LogP contribution in [0.1, 0.15) is 30.5 Å². The molecule has 3 aromatic carbocycles. The first-order valence-electron chi connectivity index (χ1n) is 12.2. The summed E-state index contributed by atoms with van der Waals surface area (Å²) in [6, 6.07) is 15.1. The molecule has 1 atom stereocenters.